The van der Waals surface area contributed by atoms with E-state index in [4.69, 9.17) is 4.74 Å². The smallest absolute Gasteiger partial charge is 0.254 e. The second-order valence-corrected chi connectivity index (χ2v) is 7.19. The average Bonchev–Trinajstić information content (AvgIpc) is 3.10. The molecule has 0 aliphatic carbocycles. The molecule has 0 spiro atoms. The highest BCUT2D eigenvalue weighted by Crippen LogP contribution is 2.32. The minimum absolute atomic E-state index is 0.163. The first-order valence-corrected chi connectivity index (χ1v) is 9.04. The molecule has 1 unspecified atom stereocenters. The van der Waals surface area contributed by atoms with E-state index in [2.05, 4.69) is 15.1 Å². The van der Waals surface area contributed by atoms with Crippen molar-refractivity contribution in [1.29, 1.82) is 0 Å². The van der Waals surface area contributed by atoms with Gasteiger partial charge in [0.1, 0.15) is 0 Å². The van der Waals surface area contributed by atoms with Crippen LogP contribution in [0.4, 0.5) is 0 Å². The van der Waals surface area contributed by atoms with Crippen molar-refractivity contribution in [3.63, 3.8) is 0 Å². The van der Waals surface area contributed by atoms with E-state index in [0.29, 0.717) is 11.8 Å². The number of H-pyrrole nitrogens is 1. The van der Waals surface area contributed by atoms with Crippen LogP contribution in [0.2, 0.25) is 0 Å². The zero-order valence-corrected chi connectivity index (χ0v) is 14.3. The molecular formula is C19H25N3O2. The Morgan fingerprint density at radius 1 is 1.25 bits per heavy atom. The molecule has 0 bridgehead atoms. The van der Waals surface area contributed by atoms with E-state index in [1.54, 1.807) is 6.20 Å². The molecule has 24 heavy (non-hydrogen) atoms. The Labute approximate surface area is 142 Å². The molecule has 3 heterocycles. The first kappa shape index (κ1) is 15.6. The molecule has 2 aliphatic heterocycles. The van der Waals surface area contributed by atoms with Crippen LogP contribution in [0.15, 0.2) is 18.3 Å². The Bertz CT molecular complexity index is 733. The van der Waals surface area contributed by atoms with Gasteiger partial charge in [0.25, 0.3) is 5.91 Å². The zero-order valence-electron chi connectivity index (χ0n) is 14.3. The lowest BCUT2D eigenvalue weighted by atomic mass is 9.81. The van der Waals surface area contributed by atoms with Gasteiger partial charge in [-0.2, -0.15) is 5.10 Å². The summed E-state index contributed by atoms with van der Waals surface area (Å²) in [6.45, 7) is 5.52. The second-order valence-electron chi connectivity index (χ2n) is 7.19. The first-order valence-electron chi connectivity index (χ1n) is 9.04. The molecular weight excluding hydrogens is 302 g/mol. The van der Waals surface area contributed by atoms with E-state index in [0.717, 1.165) is 67.6 Å². The third-order valence-corrected chi connectivity index (χ3v) is 5.72. The number of nitrogens with one attached hydrogen (secondary N) is 1. The predicted molar refractivity (Wildman–Crippen MR) is 93.0 cm³/mol. The molecule has 2 aromatic rings. The number of fused-ring (bicyclic) bond motifs is 1. The van der Waals surface area contributed by atoms with Crippen molar-refractivity contribution in [2.24, 2.45) is 11.8 Å². The van der Waals surface area contributed by atoms with Crippen LogP contribution in [0.3, 0.4) is 0 Å². The third kappa shape index (κ3) is 2.81. The number of carbonyl (C=O) groups is 1. The van der Waals surface area contributed by atoms with Gasteiger partial charge in [-0.3, -0.25) is 9.89 Å². The molecule has 0 saturated carbocycles. The number of hydrogen-bond acceptors (Lipinski definition) is 3. The summed E-state index contributed by atoms with van der Waals surface area (Å²) < 4.78 is 5.50. The number of nitrogens with zero attached hydrogens (tertiary/aromatic N) is 2. The average molecular weight is 327 g/mol. The highest BCUT2D eigenvalue weighted by molar-refractivity contribution is 6.07. The Morgan fingerprint density at radius 2 is 2.08 bits per heavy atom. The highest BCUT2D eigenvalue weighted by Gasteiger charge is 2.31. The summed E-state index contributed by atoms with van der Waals surface area (Å²) in [5, 5.41) is 8.02. The summed E-state index contributed by atoms with van der Waals surface area (Å²) in [5.74, 6) is 1.49. The summed E-state index contributed by atoms with van der Waals surface area (Å²) in [5.41, 5.74) is 2.78. The first-order chi connectivity index (χ1) is 11.7. The number of rotatable bonds is 2. The molecule has 2 saturated heterocycles. The fraction of sp³-hybridized carbons (Fsp3) is 0.579. The standard InChI is InChI=1S/C19H25N3O2/c1-13-4-5-17-16(11-20-21-17)18(13)19(23)22-8-2-3-15(12-22)14-6-9-24-10-7-14/h4-5,11,14-15H,2-3,6-10,12H2,1H3,(H,20,21). The lowest BCUT2D eigenvalue weighted by molar-refractivity contribution is 0.0252. The maximum Gasteiger partial charge on any atom is 0.254 e. The predicted octanol–water partition coefficient (Wildman–Crippen LogP) is 3.15. The fourth-order valence-electron chi connectivity index (χ4n) is 4.33. The molecule has 1 atom stereocenters. The topological polar surface area (TPSA) is 58.2 Å². The lowest BCUT2D eigenvalue weighted by Crippen LogP contribution is -2.43. The van der Waals surface area contributed by atoms with Gasteiger partial charge in [-0.1, -0.05) is 6.07 Å². The number of ether oxygens (including phenoxy) is 1. The van der Waals surface area contributed by atoms with Gasteiger partial charge >= 0.3 is 0 Å². The maximum absolute atomic E-state index is 13.2. The van der Waals surface area contributed by atoms with Crippen LogP contribution in [0.5, 0.6) is 0 Å². The van der Waals surface area contributed by atoms with Gasteiger partial charge in [0.15, 0.2) is 0 Å². The van der Waals surface area contributed by atoms with Gasteiger partial charge in [-0.25, -0.2) is 0 Å². The number of benzene rings is 1. The Kier molecular flexibility index (Phi) is 4.27. The molecule has 2 fully saturated rings. The summed E-state index contributed by atoms with van der Waals surface area (Å²) >= 11 is 0. The molecule has 2 aliphatic rings. The van der Waals surface area contributed by atoms with E-state index >= 15 is 0 Å². The lowest BCUT2D eigenvalue weighted by Gasteiger charge is -2.38. The van der Waals surface area contributed by atoms with E-state index in [1.807, 2.05) is 19.1 Å². The molecule has 5 heteroatoms. The normalized spacial score (nSPS) is 22.9. The summed E-state index contributed by atoms with van der Waals surface area (Å²) in [6, 6.07) is 4.00. The molecule has 1 amide bonds. The third-order valence-electron chi connectivity index (χ3n) is 5.72. The van der Waals surface area contributed by atoms with Crippen LogP contribution in [0.1, 0.15) is 41.6 Å². The number of aromatic nitrogens is 2. The van der Waals surface area contributed by atoms with Crippen molar-refractivity contribution in [1.82, 2.24) is 15.1 Å². The molecule has 1 aromatic carbocycles. The Balaban J connectivity index is 1.57. The maximum atomic E-state index is 13.2. The van der Waals surface area contributed by atoms with Gasteiger partial charge in [0.2, 0.25) is 0 Å². The largest absolute Gasteiger partial charge is 0.381 e. The van der Waals surface area contributed by atoms with Crippen molar-refractivity contribution < 1.29 is 9.53 Å². The van der Waals surface area contributed by atoms with Crippen LogP contribution < -0.4 is 0 Å². The van der Waals surface area contributed by atoms with Gasteiger partial charge in [0, 0.05) is 31.7 Å². The monoisotopic (exact) mass is 327 g/mol. The number of piperidine rings is 1. The number of carbonyl (C=O) groups excluding carboxylic acids is 1. The van der Waals surface area contributed by atoms with Gasteiger partial charge in [-0.05, 0) is 56.1 Å². The van der Waals surface area contributed by atoms with E-state index in [-0.39, 0.29) is 5.91 Å². The van der Waals surface area contributed by atoms with Crippen molar-refractivity contribution in [2.75, 3.05) is 26.3 Å². The number of aryl methyl sites for hydroxylation is 1. The quantitative estimate of drug-likeness (QED) is 0.922. The number of aromatic amines is 1. The van der Waals surface area contributed by atoms with Gasteiger partial charge in [0.05, 0.1) is 17.3 Å². The molecule has 1 N–H and O–H groups in total. The van der Waals surface area contributed by atoms with E-state index < -0.39 is 0 Å². The molecule has 0 radical (unpaired) electrons. The highest BCUT2D eigenvalue weighted by atomic mass is 16.5. The van der Waals surface area contributed by atoms with E-state index in [9.17, 15) is 4.79 Å². The summed E-state index contributed by atoms with van der Waals surface area (Å²) in [6.07, 6.45) is 6.40. The van der Waals surface area contributed by atoms with Gasteiger partial charge < -0.3 is 9.64 Å². The summed E-state index contributed by atoms with van der Waals surface area (Å²) in [4.78, 5) is 15.3. The second kappa shape index (κ2) is 6.55. The van der Waals surface area contributed by atoms with Crippen LogP contribution in [-0.4, -0.2) is 47.3 Å². The summed E-state index contributed by atoms with van der Waals surface area (Å²) in [7, 11) is 0. The number of hydrogen-bond donors (Lipinski definition) is 1. The Hall–Kier alpha value is -1.88. The minimum atomic E-state index is 0.163. The van der Waals surface area contributed by atoms with Crippen LogP contribution in [-0.2, 0) is 4.74 Å². The van der Waals surface area contributed by atoms with Crippen LogP contribution in [0.25, 0.3) is 10.9 Å². The van der Waals surface area contributed by atoms with E-state index in [1.165, 1.54) is 6.42 Å². The number of amides is 1. The molecule has 128 valence electrons. The van der Waals surface area contributed by atoms with Crippen molar-refractivity contribution in [2.45, 2.75) is 32.6 Å². The Morgan fingerprint density at radius 3 is 2.92 bits per heavy atom. The minimum Gasteiger partial charge on any atom is -0.381 e. The van der Waals surface area contributed by atoms with Crippen molar-refractivity contribution >= 4 is 16.8 Å². The van der Waals surface area contributed by atoms with Crippen molar-refractivity contribution in [3.05, 3.63) is 29.5 Å². The zero-order chi connectivity index (χ0) is 16.5. The van der Waals surface area contributed by atoms with Crippen LogP contribution in [0, 0.1) is 18.8 Å². The fourth-order valence-corrected chi connectivity index (χ4v) is 4.33. The molecule has 4 rings (SSSR count). The molecule has 5 nitrogen and oxygen atoms in total. The van der Waals surface area contributed by atoms with Gasteiger partial charge in [-0.15, -0.1) is 0 Å². The number of likely N-dealkylation sites (tertiary alicyclic amines) is 1. The van der Waals surface area contributed by atoms with Crippen molar-refractivity contribution in [3.8, 4) is 0 Å². The molecule has 1 aromatic heterocycles. The SMILES string of the molecule is Cc1ccc2[nH]ncc2c1C(=O)N1CCCC(C2CCOCC2)C1. The van der Waals surface area contributed by atoms with Crippen LogP contribution >= 0.6 is 0 Å².